The highest BCUT2D eigenvalue weighted by molar-refractivity contribution is 7.10. The molecule has 84 valence electrons. The fourth-order valence-electron chi connectivity index (χ4n) is 1.64. The molecule has 0 bridgehead atoms. The quantitative estimate of drug-likeness (QED) is 0.736. The summed E-state index contributed by atoms with van der Waals surface area (Å²) in [5, 5.41) is 1.90. The van der Waals surface area contributed by atoms with E-state index in [1.54, 1.807) is 18.4 Å². The number of hydrogen-bond acceptors (Lipinski definition) is 2. The van der Waals surface area contributed by atoms with Gasteiger partial charge in [-0.1, -0.05) is 23.8 Å². The maximum Gasteiger partial charge on any atom is 0.123 e. The lowest BCUT2D eigenvalue weighted by Crippen LogP contribution is -1.96. The van der Waals surface area contributed by atoms with E-state index in [9.17, 15) is 0 Å². The topological polar surface area (TPSA) is 9.23 Å². The van der Waals surface area contributed by atoms with Gasteiger partial charge in [0.2, 0.25) is 0 Å². The van der Waals surface area contributed by atoms with E-state index in [0.717, 1.165) is 16.2 Å². The number of thiophene rings is 1. The van der Waals surface area contributed by atoms with Crippen LogP contribution in [0.3, 0.4) is 0 Å². The number of benzene rings is 1. The van der Waals surface area contributed by atoms with E-state index in [1.807, 2.05) is 29.6 Å². The fraction of sp³-hybridized carbons (Fsp3) is 0.231. The van der Waals surface area contributed by atoms with E-state index in [0.29, 0.717) is 0 Å². The van der Waals surface area contributed by atoms with Crippen LogP contribution in [0.1, 0.15) is 21.4 Å². The summed E-state index contributed by atoms with van der Waals surface area (Å²) in [5.41, 5.74) is 2.23. The number of hydrogen-bond donors (Lipinski definition) is 0. The van der Waals surface area contributed by atoms with Gasteiger partial charge in [-0.2, -0.15) is 0 Å². The van der Waals surface area contributed by atoms with Gasteiger partial charge in [0.1, 0.15) is 5.75 Å². The fourth-order valence-corrected chi connectivity index (χ4v) is 2.76. The maximum atomic E-state index is 6.46. The zero-order chi connectivity index (χ0) is 11.5. The minimum atomic E-state index is -0.130. The smallest absolute Gasteiger partial charge is 0.123 e. The lowest BCUT2D eigenvalue weighted by Gasteiger charge is -2.13. The maximum absolute atomic E-state index is 6.46. The molecule has 1 nitrogen and oxygen atoms in total. The first-order valence-electron chi connectivity index (χ1n) is 5.04. The van der Waals surface area contributed by atoms with Crippen LogP contribution in [-0.4, -0.2) is 7.11 Å². The Morgan fingerprint density at radius 2 is 2.12 bits per heavy atom. The van der Waals surface area contributed by atoms with Crippen molar-refractivity contribution in [1.82, 2.24) is 0 Å². The summed E-state index contributed by atoms with van der Waals surface area (Å²) < 4.78 is 5.34. The second-order valence-electron chi connectivity index (χ2n) is 3.62. The van der Waals surface area contributed by atoms with Crippen molar-refractivity contribution >= 4 is 22.9 Å². The van der Waals surface area contributed by atoms with E-state index in [2.05, 4.69) is 13.0 Å². The molecule has 3 heteroatoms. The first-order chi connectivity index (χ1) is 7.72. The molecule has 1 aromatic heterocycles. The molecule has 0 aliphatic rings. The predicted octanol–water partition coefficient (Wildman–Crippen LogP) is 4.39. The van der Waals surface area contributed by atoms with Crippen molar-refractivity contribution in [2.45, 2.75) is 12.3 Å². The normalized spacial score (nSPS) is 12.4. The molecule has 0 radical (unpaired) electrons. The van der Waals surface area contributed by atoms with E-state index in [-0.39, 0.29) is 5.38 Å². The van der Waals surface area contributed by atoms with Crippen LogP contribution in [0.4, 0.5) is 0 Å². The molecule has 0 saturated heterocycles. The van der Waals surface area contributed by atoms with Gasteiger partial charge in [-0.05, 0) is 24.4 Å². The Morgan fingerprint density at radius 3 is 2.75 bits per heavy atom. The lowest BCUT2D eigenvalue weighted by atomic mass is 10.1. The van der Waals surface area contributed by atoms with Crippen molar-refractivity contribution in [2.75, 3.05) is 7.11 Å². The van der Waals surface area contributed by atoms with Crippen LogP contribution in [0, 0.1) is 6.92 Å². The molecule has 0 amide bonds. The van der Waals surface area contributed by atoms with Crippen LogP contribution in [0.2, 0.25) is 0 Å². The summed E-state index contributed by atoms with van der Waals surface area (Å²) in [6, 6.07) is 10.1. The Morgan fingerprint density at radius 1 is 1.31 bits per heavy atom. The third-order valence-electron chi connectivity index (χ3n) is 2.45. The minimum Gasteiger partial charge on any atom is -0.496 e. The van der Waals surface area contributed by atoms with Gasteiger partial charge in [-0.3, -0.25) is 0 Å². The van der Waals surface area contributed by atoms with Gasteiger partial charge in [0.25, 0.3) is 0 Å². The molecule has 2 rings (SSSR count). The summed E-state index contributed by atoms with van der Waals surface area (Å²) >= 11 is 8.12. The lowest BCUT2D eigenvalue weighted by molar-refractivity contribution is 0.410. The van der Waals surface area contributed by atoms with Crippen LogP contribution in [-0.2, 0) is 0 Å². The number of rotatable bonds is 3. The summed E-state index contributed by atoms with van der Waals surface area (Å²) in [4.78, 5) is 1.14. The molecule has 0 spiro atoms. The molecule has 1 heterocycles. The largest absolute Gasteiger partial charge is 0.496 e. The summed E-state index contributed by atoms with van der Waals surface area (Å²) in [5.74, 6) is 0.846. The Labute approximate surface area is 105 Å². The molecule has 0 N–H and O–H groups in total. The molecule has 0 aliphatic heterocycles. The van der Waals surface area contributed by atoms with Crippen molar-refractivity contribution in [3.63, 3.8) is 0 Å². The molecule has 0 aliphatic carbocycles. The highest BCUT2D eigenvalue weighted by Crippen LogP contribution is 2.37. The van der Waals surface area contributed by atoms with Gasteiger partial charge >= 0.3 is 0 Å². The summed E-state index contributed by atoms with van der Waals surface area (Å²) in [7, 11) is 1.67. The van der Waals surface area contributed by atoms with Gasteiger partial charge in [-0.25, -0.2) is 0 Å². The Hall–Kier alpha value is -0.990. The highest BCUT2D eigenvalue weighted by Gasteiger charge is 2.16. The van der Waals surface area contributed by atoms with E-state index >= 15 is 0 Å². The van der Waals surface area contributed by atoms with Crippen LogP contribution in [0.15, 0.2) is 35.7 Å². The highest BCUT2D eigenvalue weighted by atomic mass is 35.5. The van der Waals surface area contributed by atoms with Gasteiger partial charge in [0.05, 0.1) is 12.5 Å². The second kappa shape index (κ2) is 4.89. The number of alkyl halides is 1. The zero-order valence-corrected chi connectivity index (χ0v) is 10.8. The summed E-state index contributed by atoms with van der Waals surface area (Å²) in [6.45, 7) is 2.06. The van der Waals surface area contributed by atoms with Gasteiger partial charge < -0.3 is 4.74 Å². The number of halogens is 1. The molecule has 0 saturated carbocycles. The molecular formula is C13H13ClOS. The van der Waals surface area contributed by atoms with Crippen LogP contribution < -0.4 is 4.74 Å². The predicted molar refractivity (Wildman–Crippen MR) is 69.7 cm³/mol. The number of methoxy groups -OCH3 is 1. The third-order valence-corrected chi connectivity index (χ3v) is 3.99. The summed E-state index contributed by atoms with van der Waals surface area (Å²) in [6.07, 6.45) is 0. The van der Waals surface area contributed by atoms with Gasteiger partial charge in [0.15, 0.2) is 0 Å². The second-order valence-corrected chi connectivity index (χ2v) is 5.04. The SMILES string of the molecule is COc1ccc(C)cc1C(Cl)c1cccs1. The number of aryl methyl sites for hydroxylation is 1. The Bertz CT molecular complexity index is 465. The minimum absolute atomic E-state index is 0.130. The molecule has 1 unspecified atom stereocenters. The molecule has 1 aromatic carbocycles. The molecular weight excluding hydrogens is 240 g/mol. The van der Waals surface area contributed by atoms with E-state index < -0.39 is 0 Å². The zero-order valence-electron chi connectivity index (χ0n) is 9.24. The van der Waals surface area contributed by atoms with Crippen LogP contribution >= 0.6 is 22.9 Å². The average Bonchev–Trinajstić information content (AvgIpc) is 2.81. The van der Waals surface area contributed by atoms with Crippen LogP contribution in [0.5, 0.6) is 5.75 Å². The number of ether oxygens (including phenoxy) is 1. The van der Waals surface area contributed by atoms with Crippen molar-refractivity contribution < 1.29 is 4.74 Å². The molecule has 16 heavy (non-hydrogen) atoms. The first kappa shape index (κ1) is 11.5. The standard InChI is InChI=1S/C13H13ClOS/c1-9-5-6-11(15-2)10(8-9)13(14)12-4-3-7-16-12/h3-8,13H,1-2H3. The van der Waals surface area contributed by atoms with Crippen molar-refractivity contribution in [2.24, 2.45) is 0 Å². The third kappa shape index (κ3) is 2.23. The average molecular weight is 253 g/mol. The van der Waals surface area contributed by atoms with E-state index in [4.69, 9.17) is 16.3 Å². The van der Waals surface area contributed by atoms with Crippen molar-refractivity contribution in [3.8, 4) is 5.75 Å². The monoisotopic (exact) mass is 252 g/mol. The Kier molecular flexibility index (Phi) is 3.52. The van der Waals surface area contributed by atoms with Crippen molar-refractivity contribution in [3.05, 3.63) is 51.7 Å². The van der Waals surface area contributed by atoms with Gasteiger partial charge in [0, 0.05) is 10.4 Å². The van der Waals surface area contributed by atoms with E-state index in [1.165, 1.54) is 5.56 Å². The first-order valence-corrected chi connectivity index (χ1v) is 6.36. The molecule has 2 aromatic rings. The van der Waals surface area contributed by atoms with Gasteiger partial charge in [-0.15, -0.1) is 22.9 Å². The Balaban J connectivity index is 2.42. The molecule has 1 atom stereocenters. The van der Waals surface area contributed by atoms with Crippen LogP contribution in [0.25, 0.3) is 0 Å². The molecule has 0 fully saturated rings. The van der Waals surface area contributed by atoms with Crippen molar-refractivity contribution in [1.29, 1.82) is 0 Å².